The van der Waals surface area contributed by atoms with Crippen molar-refractivity contribution < 1.29 is 4.79 Å². The molecule has 2 N–H and O–H groups in total. The third-order valence-corrected chi connectivity index (χ3v) is 4.18. The number of amides is 1. The van der Waals surface area contributed by atoms with E-state index < -0.39 is 0 Å². The van der Waals surface area contributed by atoms with Crippen molar-refractivity contribution in [1.82, 2.24) is 15.6 Å². The highest BCUT2D eigenvalue weighted by Gasteiger charge is 2.16. The van der Waals surface area contributed by atoms with Gasteiger partial charge in [-0.25, -0.2) is 4.98 Å². The smallest absolute Gasteiger partial charge is 0.263 e. The molecule has 17 heavy (non-hydrogen) atoms. The minimum atomic E-state index is 0.0269. The molecule has 4 nitrogen and oxygen atoms in total. The molecule has 1 aromatic rings. The molecule has 0 spiro atoms. The van der Waals surface area contributed by atoms with Gasteiger partial charge in [0, 0.05) is 6.54 Å². The van der Waals surface area contributed by atoms with Gasteiger partial charge >= 0.3 is 0 Å². The maximum Gasteiger partial charge on any atom is 0.263 e. The Kier molecular flexibility index (Phi) is 4.12. The van der Waals surface area contributed by atoms with Gasteiger partial charge < -0.3 is 10.6 Å². The number of hydrogen-bond donors (Lipinski definition) is 2. The van der Waals surface area contributed by atoms with Gasteiger partial charge in [0.2, 0.25) is 0 Å². The fourth-order valence-corrected chi connectivity index (χ4v) is 3.01. The van der Waals surface area contributed by atoms with Gasteiger partial charge in [-0.15, -0.1) is 11.3 Å². The average molecular weight is 253 g/mol. The number of carbonyl (C=O) groups excluding carboxylic acids is 1. The van der Waals surface area contributed by atoms with Crippen LogP contribution in [0.5, 0.6) is 0 Å². The molecule has 1 atom stereocenters. The fourth-order valence-electron chi connectivity index (χ4n) is 2.17. The van der Waals surface area contributed by atoms with E-state index in [9.17, 15) is 4.79 Å². The molecule has 1 aromatic heterocycles. The molecule has 0 aliphatic carbocycles. The first kappa shape index (κ1) is 12.5. The first-order chi connectivity index (χ1) is 8.16. The van der Waals surface area contributed by atoms with Gasteiger partial charge in [0.05, 0.1) is 10.7 Å². The van der Waals surface area contributed by atoms with Crippen LogP contribution < -0.4 is 10.6 Å². The first-order valence-electron chi connectivity index (χ1n) is 6.09. The second-order valence-corrected chi connectivity index (χ2v) is 5.75. The van der Waals surface area contributed by atoms with E-state index >= 15 is 0 Å². The van der Waals surface area contributed by atoms with Gasteiger partial charge in [0.1, 0.15) is 4.88 Å². The van der Waals surface area contributed by atoms with E-state index in [2.05, 4.69) is 15.6 Å². The summed E-state index contributed by atoms with van der Waals surface area (Å²) in [6.45, 7) is 6.79. The van der Waals surface area contributed by atoms with E-state index in [0.717, 1.165) is 47.6 Å². The highest BCUT2D eigenvalue weighted by atomic mass is 32.1. The van der Waals surface area contributed by atoms with E-state index in [1.807, 2.05) is 13.8 Å². The molecule has 94 valence electrons. The summed E-state index contributed by atoms with van der Waals surface area (Å²) >= 11 is 1.47. The molecule has 0 aromatic carbocycles. The molecule has 0 radical (unpaired) electrons. The second-order valence-electron chi connectivity index (χ2n) is 4.55. The Morgan fingerprint density at radius 2 is 2.41 bits per heavy atom. The lowest BCUT2D eigenvalue weighted by Crippen LogP contribution is -2.26. The topological polar surface area (TPSA) is 54.0 Å². The Balaban J connectivity index is 1.78. The van der Waals surface area contributed by atoms with Crippen molar-refractivity contribution in [3.63, 3.8) is 0 Å². The summed E-state index contributed by atoms with van der Waals surface area (Å²) in [7, 11) is 0. The van der Waals surface area contributed by atoms with Crippen LogP contribution in [0.15, 0.2) is 0 Å². The van der Waals surface area contributed by atoms with Crippen LogP contribution in [0.2, 0.25) is 0 Å². The van der Waals surface area contributed by atoms with Gasteiger partial charge in [0.25, 0.3) is 5.91 Å². The maximum absolute atomic E-state index is 11.9. The van der Waals surface area contributed by atoms with Crippen molar-refractivity contribution in [3.8, 4) is 0 Å². The Morgan fingerprint density at radius 1 is 1.59 bits per heavy atom. The van der Waals surface area contributed by atoms with Crippen molar-refractivity contribution in [2.75, 3.05) is 19.6 Å². The summed E-state index contributed by atoms with van der Waals surface area (Å²) in [5, 5.41) is 7.27. The Labute approximate surface area is 106 Å². The molecule has 1 aliphatic rings. The molecule has 5 heteroatoms. The normalized spacial score (nSPS) is 19.5. The minimum Gasteiger partial charge on any atom is -0.351 e. The molecule has 1 unspecified atom stereocenters. The molecule has 0 bridgehead atoms. The molecule has 0 saturated carbocycles. The number of carbonyl (C=O) groups is 1. The molecule has 1 aliphatic heterocycles. The maximum atomic E-state index is 11.9. The van der Waals surface area contributed by atoms with Crippen LogP contribution in [-0.4, -0.2) is 30.5 Å². The summed E-state index contributed by atoms with van der Waals surface area (Å²) in [5.74, 6) is 0.749. The lowest BCUT2D eigenvalue weighted by molar-refractivity contribution is 0.0955. The van der Waals surface area contributed by atoms with Gasteiger partial charge in [-0.1, -0.05) is 0 Å². The van der Waals surface area contributed by atoms with Crippen molar-refractivity contribution in [3.05, 3.63) is 15.6 Å². The van der Waals surface area contributed by atoms with Crippen LogP contribution in [0.4, 0.5) is 0 Å². The number of nitrogens with one attached hydrogen (secondary N) is 2. The zero-order valence-corrected chi connectivity index (χ0v) is 11.2. The van der Waals surface area contributed by atoms with Crippen molar-refractivity contribution in [2.45, 2.75) is 26.7 Å². The Hall–Kier alpha value is -0.940. The van der Waals surface area contributed by atoms with Crippen molar-refractivity contribution >= 4 is 17.2 Å². The second kappa shape index (κ2) is 5.60. The van der Waals surface area contributed by atoms with Crippen molar-refractivity contribution in [2.24, 2.45) is 5.92 Å². The first-order valence-corrected chi connectivity index (χ1v) is 6.91. The zero-order valence-electron chi connectivity index (χ0n) is 10.4. The molecular formula is C12H19N3OS. The molecule has 1 amide bonds. The van der Waals surface area contributed by atoms with E-state index in [-0.39, 0.29) is 5.91 Å². The summed E-state index contributed by atoms with van der Waals surface area (Å²) in [5.41, 5.74) is 0.840. The largest absolute Gasteiger partial charge is 0.351 e. The molecule has 1 fully saturated rings. The zero-order chi connectivity index (χ0) is 12.3. The Bertz CT molecular complexity index is 396. The number of hydrogen-bond acceptors (Lipinski definition) is 4. The summed E-state index contributed by atoms with van der Waals surface area (Å²) in [4.78, 5) is 16.9. The molecular weight excluding hydrogens is 234 g/mol. The van der Waals surface area contributed by atoms with Gasteiger partial charge in [0.15, 0.2) is 0 Å². The number of aromatic nitrogens is 1. The van der Waals surface area contributed by atoms with Crippen LogP contribution in [0.3, 0.4) is 0 Å². The summed E-state index contributed by atoms with van der Waals surface area (Å²) in [6.07, 6.45) is 2.30. The van der Waals surface area contributed by atoms with Crippen LogP contribution in [0.1, 0.15) is 33.2 Å². The Morgan fingerprint density at radius 3 is 3.00 bits per heavy atom. The fraction of sp³-hybridized carbons (Fsp3) is 0.667. The highest BCUT2D eigenvalue weighted by Crippen LogP contribution is 2.17. The SMILES string of the molecule is Cc1nc(C)c(C(=O)NCCC2CCNC2)s1. The number of thiazole rings is 1. The minimum absolute atomic E-state index is 0.0269. The monoisotopic (exact) mass is 253 g/mol. The number of aryl methyl sites for hydroxylation is 2. The van der Waals surface area contributed by atoms with Gasteiger partial charge in [-0.3, -0.25) is 4.79 Å². The quantitative estimate of drug-likeness (QED) is 0.855. The number of nitrogens with zero attached hydrogens (tertiary/aromatic N) is 1. The van der Waals surface area contributed by atoms with Crippen molar-refractivity contribution in [1.29, 1.82) is 0 Å². The van der Waals surface area contributed by atoms with E-state index in [4.69, 9.17) is 0 Å². The van der Waals surface area contributed by atoms with E-state index in [1.165, 1.54) is 17.8 Å². The predicted molar refractivity (Wildman–Crippen MR) is 69.5 cm³/mol. The van der Waals surface area contributed by atoms with Crippen LogP contribution in [-0.2, 0) is 0 Å². The standard InChI is InChI=1S/C12H19N3OS/c1-8-11(17-9(2)15-8)12(16)14-6-4-10-3-5-13-7-10/h10,13H,3-7H2,1-2H3,(H,14,16). The van der Waals surface area contributed by atoms with Crippen LogP contribution >= 0.6 is 11.3 Å². The van der Waals surface area contributed by atoms with Gasteiger partial charge in [-0.2, -0.15) is 0 Å². The molecule has 1 saturated heterocycles. The lowest BCUT2D eigenvalue weighted by atomic mass is 10.1. The van der Waals surface area contributed by atoms with Crippen LogP contribution in [0, 0.1) is 19.8 Å². The van der Waals surface area contributed by atoms with E-state index in [0.29, 0.717) is 0 Å². The summed E-state index contributed by atoms with van der Waals surface area (Å²) < 4.78 is 0. The lowest BCUT2D eigenvalue weighted by Gasteiger charge is -2.08. The number of rotatable bonds is 4. The summed E-state index contributed by atoms with van der Waals surface area (Å²) in [6, 6.07) is 0. The highest BCUT2D eigenvalue weighted by molar-refractivity contribution is 7.13. The average Bonchev–Trinajstić information content (AvgIpc) is 2.88. The predicted octanol–water partition coefficient (Wildman–Crippen LogP) is 1.49. The molecule has 2 rings (SSSR count). The third kappa shape index (κ3) is 3.26. The van der Waals surface area contributed by atoms with Gasteiger partial charge in [-0.05, 0) is 45.7 Å². The third-order valence-electron chi connectivity index (χ3n) is 3.11. The van der Waals surface area contributed by atoms with Crippen LogP contribution in [0.25, 0.3) is 0 Å². The molecule has 2 heterocycles. The van der Waals surface area contributed by atoms with E-state index in [1.54, 1.807) is 0 Å².